The van der Waals surface area contributed by atoms with Crippen molar-refractivity contribution < 1.29 is 56.3 Å². The number of hydrogen-bond acceptors (Lipinski definition) is 14. The third kappa shape index (κ3) is 13.5. The van der Waals surface area contributed by atoms with Crippen molar-refractivity contribution in [3.8, 4) is 0 Å². The second-order valence-electron chi connectivity index (χ2n) is 11.4. The van der Waals surface area contributed by atoms with Crippen LogP contribution in [0.25, 0.3) is 0 Å². The number of nitrogens with two attached hydrogens (primary N) is 1. The van der Waals surface area contributed by atoms with E-state index in [9.17, 15) is 32.4 Å². The SMILES string of the molecule is CC(=O)c1ccc(SOON)cc1.COC(=O)c1ccc(S(=O)(=O)NC(=O)[C@@H]2CCCN2P)cc1.O=C(O)[C@@H]1CCCN1C(=O)OCc1ccccc1. The molecule has 53 heavy (non-hydrogen) atoms. The van der Waals surface area contributed by atoms with Crippen LogP contribution in [0.1, 0.15) is 58.9 Å². The minimum absolute atomic E-state index is 0.0348. The van der Waals surface area contributed by atoms with E-state index in [1.165, 1.54) is 43.2 Å². The molecule has 4 N–H and O–H groups in total. The molecule has 2 aliphatic heterocycles. The molecule has 2 saturated heterocycles. The van der Waals surface area contributed by atoms with Crippen molar-refractivity contribution >= 4 is 61.2 Å². The van der Waals surface area contributed by atoms with E-state index in [0.29, 0.717) is 31.4 Å². The molecule has 1 unspecified atom stereocenters. The molecule has 2 aliphatic rings. The van der Waals surface area contributed by atoms with Crippen molar-refractivity contribution in [3.05, 3.63) is 95.6 Å². The Morgan fingerprint density at radius 3 is 2.06 bits per heavy atom. The summed E-state index contributed by atoms with van der Waals surface area (Å²) in [5.74, 6) is 2.61. The standard InChI is InChI=1S/C13H17N2O5PS.C13H15NO4.C8H9NO3S/c1-20-13(17)9-4-6-10(7-5-9)22(18,19)14-12(16)11-3-2-8-15(11)21;15-12(16)11-7-4-8-14(11)13(17)18-9-10-5-2-1-3-6-10;1-6(10)7-2-4-8(5-3-7)13-12-11-9/h4-7,11H,2-3,8,21H2,1H3,(H,14,16);1-3,5-6,11H,4,7-9H2,(H,15,16);2-5H,9H2,1H3/t2*11-;/m00./s1. The molecule has 3 atom stereocenters. The fraction of sp³-hybridized carbons (Fsp3) is 0.324. The molecular weight excluding hydrogens is 751 g/mol. The van der Waals surface area contributed by atoms with Gasteiger partial charge < -0.3 is 14.6 Å². The molecule has 0 spiro atoms. The number of nitrogens with one attached hydrogen (secondary N) is 1. The van der Waals surface area contributed by atoms with Crippen LogP contribution in [0.2, 0.25) is 0 Å². The molecule has 2 fully saturated rings. The van der Waals surface area contributed by atoms with E-state index in [-0.39, 0.29) is 22.8 Å². The first kappa shape index (κ1) is 43.0. The van der Waals surface area contributed by atoms with Crippen LogP contribution in [-0.2, 0) is 45.0 Å². The van der Waals surface area contributed by atoms with Gasteiger partial charge in [0.25, 0.3) is 15.9 Å². The van der Waals surface area contributed by atoms with Gasteiger partial charge in [0.2, 0.25) is 0 Å². The summed E-state index contributed by atoms with van der Waals surface area (Å²) in [5.41, 5.74) is 1.79. The van der Waals surface area contributed by atoms with Crippen molar-refractivity contribution in [2.45, 2.75) is 61.1 Å². The number of carboxylic acid groups (broad SMARTS) is 1. The lowest BCUT2D eigenvalue weighted by atomic mass is 10.2. The van der Waals surface area contributed by atoms with Crippen LogP contribution < -0.4 is 10.6 Å². The van der Waals surface area contributed by atoms with Gasteiger partial charge in [-0.05, 0) is 74.6 Å². The zero-order valence-corrected chi connectivity index (χ0v) is 31.7. The maximum atomic E-state index is 12.2. The molecule has 3 aromatic rings. The van der Waals surface area contributed by atoms with Crippen molar-refractivity contribution in [2.75, 3.05) is 20.2 Å². The Balaban J connectivity index is 0.000000221. The molecule has 0 saturated carbocycles. The number of Topliss-reactive ketones (excluding diaryl/α,β-unsaturated/α-hetero) is 1. The van der Waals surface area contributed by atoms with E-state index < -0.39 is 46.0 Å². The Kier molecular flexibility index (Phi) is 17.3. The summed E-state index contributed by atoms with van der Waals surface area (Å²) >= 11 is 0.982. The summed E-state index contributed by atoms with van der Waals surface area (Å²) in [6.45, 7) is 2.87. The molecule has 2 amide bonds. The summed E-state index contributed by atoms with van der Waals surface area (Å²) in [6, 6.07) is 20.2. The van der Waals surface area contributed by atoms with E-state index in [4.69, 9.17) is 9.84 Å². The van der Waals surface area contributed by atoms with Crippen LogP contribution >= 0.6 is 21.4 Å². The van der Waals surface area contributed by atoms with Crippen LogP contribution in [0, 0.1) is 0 Å². The summed E-state index contributed by atoms with van der Waals surface area (Å²) < 4.78 is 42.3. The van der Waals surface area contributed by atoms with Crippen molar-refractivity contribution in [2.24, 2.45) is 5.90 Å². The maximum Gasteiger partial charge on any atom is 0.410 e. The van der Waals surface area contributed by atoms with Gasteiger partial charge in [-0.3, -0.25) is 19.2 Å². The number of amides is 2. The number of carbonyl (C=O) groups is 5. The topological polar surface area (TPSA) is 221 Å². The molecule has 0 aromatic heterocycles. The van der Waals surface area contributed by atoms with E-state index in [2.05, 4.69) is 34.1 Å². The minimum atomic E-state index is -3.96. The summed E-state index contributed by atoms with van der Waals surface area (Å²) in [6.07, 6.45) is 2.11. The summed E-state index contributed by atoms with van der Waals surface area (Å²) in [7, 11) is -0.290. The fourth-order valence-electron chi connectivity index (χ4n) is 5.07. The van der Waals surface area contributed by atoms with E-state index >= 15 is 0 Å². The first-order chi connectivity index (χ1) is 25.3. The lowest BCUT2D eigenvalue weighted by molar-refractivity contribution is -0.195. The number of likely N-dealkylation sites (tertiary alicyclic amines) is 1. The molecule has 5 rings (SSSR count). The number of ether oxygens (including phenoxy) is 2. The number of hydrogen-bond donors (Lipinski definition) is 3. The second kappa shape index (κ2) is 21.3. The predicted molar refractivity (Wildman–Crippen MR) is 195 cm³/mol. The fourth-order valence-corrected chi connectivity index (χ4v) is 6.91. The van der Waals surface area contributed by atoms with Crippen LogP contribution in [0.4, 0.5) is 4.79 Å². The molecule has 16 nitrogen and oxygen atoms in total. The van der Waals surface area contributed by atoms with Gasteiger partial charge in [0.15, 0.2) is 5.78 Å². The van der Waals surface area contributed by atoms with Crippen molar-refractivity contribution in [3.63, 3.8) is 0 Å². The Labute approximate surface area is 313 Å². The van der Waals surface area contributed by atoms with Crippen LogP contribution in [0.15, 0.2) is 88.7 Å². The van der Waals surface area contributed by atoms with Gasteiger partial charge in [-0.2, -0.15) is 5.90 Å². The largest absolute Gasteiger partial charge is 0.480 e. The third-order valence-electron chi connectivity index (χ3n) is 7.83. The summed E-state index contributed by atoms with van der Waals surface area (Å²) in [4.78, 5) is 62.9. The predicted octanol–water partition coefficient (Wildman–Crippen LogP) is 4.12. The number of methoxy groups -OCH3 is 1. The van der Waals surface area contributed by atoms with Gasteiger partial charge >= 0.3 is 18.0 Å². The Bertz CT molecular complexity index is 1800. The molecule has 19 heteroatoms. The zero-order chi connectivity index (χ0) is 39.0. The van der Waals surface area contributed by atoms with Gasteiger partial charge in [-0.15, -0.1) is 9.32 Å². The minimum Gasteiger partial charge on any atom is -0.480 e. The Morgan fingerprint density at radius 1 is 0.906 bits per heavy atom. The number of sulfonamides is 1. The maximum absolute atomic E-state index is 12.2. The average molecular weight is 793 g/mol. The molecule has 0 radical (unpaired) electrons. The number of aliphatic carboxylic acids is 1. The van der Waals surface area contributed by atoms with Crippen LogP contribution in [0.3, 0.4) is 0 Å². The average Bonchev–Trinajstić information content (AvgIpc) is 3.84. The second-order valence-corrected chi connectivity index (χ2v) is 14.6. The lowest BCUT2D eigenvalue weighted by Gasteiger charge is -2.20. The normalized spacial score (nSPS) is 16.6. The van der Waals surface area contributed by atoms with Gasteiger partial charge in [0.1, 0.15) is 12.6 Å². The number of nitrogens with zero attached hydrogens (tertiary/aromatic N) is 2. The molecule has 3 aromatic carbocycles. The molecule has 286 valence electrons. The van der Waals surface area contributed by atoms with Gasteiger partial charge in [0, 0.05) is 23.5 Å². The zero-order valence-electron chi connectivity index (χ0n) is 28.9. The quantitative estimate of drug-likeness (QED) is 0.0621. The highest BCUT2D eigenvalue weighted by molar-refractivity contribution is 7.94. The van der Waals surface area contributed by atoms with Crippen LogP contribution in [-0.4, -0.2) is 85.1 Å². The van der Waals surface area contributed by atoms with Gasteiger partial charge in [-0.25, -0.2) is 27.5 Å². The number of benzene rings is 3. The first-order valence-electron chi connectivity index (χ1n) is 16.0. The molecule has 0 bridgehead atoms. The third-order valence-corrected chi connectivity index (χ3v) is 10.4. The number of carboxylic acids is 1. The van der Waals surface area contributed by atoms with Crippen LogP contribution in [0.5, 0.6) is 0 Å². The molecular formula is C34H41N4O12PS2. The first-order valence-corrected chi connectivity index (χ1v) is 18.8. The molecule has 0 aliphatic carbocycles. The Hall–Kier alpha value is -4.42. The summed E-state index contributed by atoms with van der Waals surface area (Å²) in [5, 5.41) is 8.97. The van der Waals surface area contributed by atoms with Crippen molar-refractivity contribution in [1.29, 1.82) is 0 Å². The van der Waals surface area contributed by atoms with Gasteiger partial charge in [-0.1, -0.05) is 51.9 Å². The van der Waals surface area contributed by atoms with E-state index in [0.717, 1.165) is 35.5 Å². The highest BCUT2D eigenvalue weighted by Gasteiger charge is 2.35. The van der Waals surface area contributed by atoms with E-state index in [1.807, 2.05) is 30.3 Å². The molecule has 2 heterocycles. The number of carbonyl (C=O) groups excluding carboxylic acids is 4. The number of ketones is 1. The highest BCUT2D eigenvalue weighted by Crippen LogP contribution is 2.22. The number of esters is 1. The Morgan fingerprint density at radius 2 is 1.51 bits per heavy atom. The van der Waals surface area contributed by atoms with Crippen molar-refractivity contribution in [1.82, 2.24) is 14.3 Å². The monoisotopic (exact) mass is 792 g/mol. The van der Waals surface area contributed by atoms with Gasteiger partial charge in [0.05, 0.1) is 35.7 Å². The van der Waals surface area contributed by atoms with E-state index in [1.54, 1.807) is 28.9 Å². The highest BCUT2D eigenvalue weighted by atomic mass is 32.2. The number of rotatable bonds is 11. The smallest absolute Gasteiger partial charge is 0.410 e. The lowest BCUT2D eigenvalue weighted by Crippen LogP contribution is -2.42.